The Morgan fingerprint density at radius 3 is 2.73 bits per heavy atom. The number of nitrogens with two attached hydrogens (primary N) is 1. The summed E-state index contributed by atoms with van der Waals surface area (Å²) in [6.45, 7) is 2.52. The molecule has 0 aliphatic heterocycles. The van der Waals surface area contributed by atoms with Crippen LogP contribution in [-0.2, 0) is 11.4 Å². The van der Waals surface area contributed by atoms with Crippen LogP contribution in [0.3, 0.4) is 0 Å². The van der Waals surface area contributed by atoms with Crippen molar-refractivity contribution in [3.63, 3.8) is 0 Å². The number of fused-ring (bicyclic) bond motifs is 1. The van der Waals surface area contributed by atoms with Crippen molar-refractivity contribution in [2.45, 2.75) is 13.5 Å². The average Bonchev–Trinajstić information content (AvgIpc) is 2.20. The zero-order chi connectivity index (χ0) is 10.8. The van der Waals surface area contributed by atoms with E-state index in [1.54, 1.807) is 0 Å². The van der Waals surface area contributed by atoms with Crippen LogP contribution in [0.15, 0.2) is 34.8 Å². The molecule has 78 valence electrons. The predicted molar refractivity (Wildman–Crippen MR) is 65.4 cm³/mol. The van der Waals surface area contributed by atoms with E-state index in [0.29, 0.717) is 6.61 Å². The van der Waals surface area contributed by atoms with Gasteiger partial charge in [0.25, 0.3) is 0 Å². The second-order valence-electron chi connectivity index (χ2n) is 3.58. The summed E-state index contributed by atoms with van der Waals surface area (Å²) in [7, 11) is 0. The van der Waals surface area contributed by atoms with E-state index in [2.05, 4.69) is 52.0 Å². The van der Waals surface area contributed by atoms with Crippen LogP contribution in [0.4, 0.5) is 0 Å². The van der Waals surface area contributed by atoms with Crippen molar-refractivity contribution in [2.24, 2.45) is 5.90 Å². The lowest BCUT2D eigenvalue weighted by Gasteiger charge is -2.07. The van der Waals surface area contributed by atoms with Crippen LogP contribution in [-0.4, -0.2) is 0 Å². The molecule has 0 heterocycles. The van der Waals surface area contributed by atoms with E-state index < -0.39 is 0 Å². The maximum atomic E-state index is 5.09. The molecule has 0 unspecified atom stereocenters. The van der Waals surface area contributed by atoms with E-state index in [1.807, 2.05) is 6.07 Å². The first-order chi connectivity index (χ1) is 7.20. The zero-order valence-electron chi connectivity index (χ0n) is 8.46. The Morgan fingerprint density at radius 1 is 1.20 bits per heavy atom. The summed E-state index contributed by atoms with van der Waals surface area (Å²) in [5, 5.41) is 2.43. The van der Waals surface area contributed by atoms with Crippen molar-refractivity contribution >= 4 is 26.7 Å². The van der Waals surface area contributed by atoms with Crippen LogP contribution in [0.25, 0.3) is 10.8 Å². The molecule has 0 aliphatic rings. The fourth-order valence-electron chi connectivity index (χ4n) is 1.67. The highest BCUT2D eigenvalue weighted by Gasteiger charge is 2.01. The van der Waals surface area contributed by atoms with Crippen LogP contribution < -0.4 is 5.90 Å². The molecule has 0 saturated carbocycles. The van der Waals surface area contributed by atoms with Gasteiger partial charge in [0.15, 0.2) is 0 Å². The topological polar surface area (TPSA) is 35.2 Å². The van der Waals surface area contributed by atoms with E-state index in [4.69, 9.17) is 5.90 Å². The second kappa shape index (κ2) is 4.31. The molecule has 2 rings (SSSR count). The molecule has 0 radical (unpaired) electrons. The Kier molecular flexibility index (Phi) is 3.05. The van der Waals surface area contributed by atoms with E-state index in [-0.39, 0.29) is 0 Å². The highest BCUT2D eigenvalue weighted by molar-refractivity contribution is 9.10. The first kappa shape index (κ1) is 10.6. The lowest BCUT2D eigenvalue weighted by Crippen LogP contribution is -2.00. The Balaban J connectivity index is 2.61. The highest BCUT2D eigenvalue weighted by Crippen LogP contribution is 2.23. The Bertz CT molecular complexity index is 496. The number of hydrogen-bond donors (Lipinski definition) is 1. The van der Waals surface area contributed by atoms with Crippen LogP contribution in [0.2, 0.25) is 0 Å². The van der Waals surface area contributed by atoms with Gasteiger partial charge in [-0.05, 0) is 47.0 Å². The number of aryl methyl sites for hydroxylation is 1. The van der Waals surface area contributed by atoms with Gasteiger partial charge in [-0.15, -0.1) is 0 Å². The molecule has 3 heteroatoms. The summed E-state index contributed by atoms with van der Waals surface area (Å²) in [5.74, 6) is 5.09. The molecule has 15 heavy (non-hydrogen) atoms. The molecule has 2 nitrogen and oxygen atoms in total. The monoisotopic (exact) mass is 265 g/mol. The summed E-state index contributed by atoms with van der Waals surface area (Å²) in [5.41, 5.74) is 2.33. The fraction of sp³-hybridized carbons (Fsp3) is 0.167. The summed E-state index contributed by atoms with van der Waals surface area (Å²) in [6, 6.07) is 10.5. The average molecular weight is 266 g/mol. The standard InChI is InChI=1S/C12H12BrNO/c1-8-4-9-2-3-12(13)6-10(9)5-11(8)7-15-14/h2-6H,7,14H2,1H3. The molecular weight excluding hydrogens is 254 g/mol. The fourth-order valence-corrected chi connectivity index (χ4v) is 2.05. The van der Waals surface area contributed by atoms with Crippen LogP contribution in [0.1, 0.15) is 11.1 Å². The Labute approximate surface area is 97.1 Å². The normalized spacial score (nSPS) is 10.9. The van der Waals surface area contributed by atoms with Gasteiger partial charge in [-0.3, -0.25) is 4.84 Å². The minimum Gasteiger partial charge on any atom is -0.300 e. The van der Waals surface area contributed by atoms with Crippen molar-refractivity contribution < 1.29 is 4.84 Å². The quantitative estimate of drug-likeness (QED) is 0.846. The van der Waals surface area contributed by atoms with E-state index in [1.165, 1.54) is 16.3 Å². The van der Waals surface area contributed by atoms with Crippen molar-refractivity contribution in [3.8, 4) is 0 Å². The Hall–Kier alpha value is -0.900. The first-order valence-electron chi connectivity index (χ1n) is 4.71. The smallest absolute Gasteiger partial charge is 0.0932 e. The summed E-state index contributed by atoms with van der Waals surface area (Å²) >= 11 is 3.46. The second-order valence-corrected chi connectivity index (χ2v) is 4.50. The van der Waals surface area contributed by atoms with Gasteiger partial charge in [0.1, 0.15) is 0 Å². The van der Waals surface area contributed by atoms with E-state index in [9.17, 15) is 0 Å². The molecule has 2 aromatic rings. The van der Waals surface area contributed by atoms with Gasteiger partial charge < -0.3 is 0 Å². The zero-order valence-corrected chi connectivity index (χ0v) is 10.0. The lowest BCUT2D eigenvalue weighted by molar-refractivity contribution is 0.124. The SMILES string of the molecule is Cc1cc2ccc(Br)cc2cc1CON. The molecule has 0 saturated heterocycles. The minimum atomic E-state index is 0.453. The number of hydrogen-bond acceptors (Lipinski definition) is 2. The van der Waals surface area contributed by atoms with Gasteiger partial charge in [0.2, 0.25) is 0 Å². The van der Waals surface area contributed by atoms with Crippen molar-refractivity contribution in [1.29, 1.82) is 0 Å². The van der Waals surface area contributed by atoms with Crippen LogP contribution in [0, 0.1) is 6.92 Å². The summed E-state index contributed by atoms with van der Waals surface area (Å²) < 4.78 is 1.08. The van der Waals surface area contributed by atoms with Gasteiger partial charge in [-0.2, -0.15) is 0 Å². The van der Waals surface area contributed by atoms with Gasteiger partial charge in [0.05, 0.1) is 6.61 Å². The number of halogens is 1. The third-order valence-electron chi connectivity index (χ3n) is 2.50. The summed E-state index contributed by atoms with van der Waals surface area (Å²) in [4.78, 5) is 4.68. The van der Waals surface area contributed by atoms with Gasteiger partial charge in [-0.1, -0.05) is 28.1 Å². The molecule has 0 bridgehead atoms. The molecule has 0 atom stereocenters. The maximum Gasteiger partial charge on any atom is 0.0932 e. The van der Waals surface area contributed by atoms with Crippen LogP contribution >= 0.6 is 15.9 Å². The van der Waals surface area contributed by atoms with Gasteiger partial charge in [-0.25, -0.2) is 5.90 Å². The molecular formula is C12H12BrNO. The largest absolute Gasteiger partial charge is 0.300 e. The molecule has 2 aromatic carbocycles. The minimum absolute atomic E-state index is 0.453. The third-order valence-corrected chi connectivity index (χ3v) is 2.99. The number of benzene rings is 2. The Morgan fingerprint density at radius 2 is 2.00 bits per heavy atom. The van der Waals surface area contributed by atoms with Crippen molar-refractivity contribution in [3.05, 3.63) is 45.9 Å². The summed E-state index contributed by atoms with van der Waals surface area (Å²) in [6.07, 6.45) is 0. The van der Waals surface area contributed by atoms with Gasteiger partial charge in [0, 0.05) is 4.47 Å². The van der Waals surface area contributed by atoms with Crippen molar-refractivity contribution in [1.82, 2.24) is 0 Å². The van der Waals surface area contributed by atoms with E-state index in [0.717, 1.165) is 10.0 Å². The molecule has 0 amide bonds. The molecule has 0 spiro atoms. The highest BCUT2D eigenvalue weighted by atomic mass is 79.9. The van der Waals surface area contributed by atoms with Crippen LogP contribution in [0.5, 0.6) is 0 Å². The third kappa shape index (κ3) is 2.20. The maximum absolute atomic E-state index is 5.09. The molecule has 0 aromatic heterocycles. The van der Waals surface area contributed by atoms with Gasteiger partial charge >= 0.3 is 0 Å². The van der Waals surface area contributed by atoms with Crippen molar-refractivity contribution in [2.75, 3.05) is 0 Å². The molecule has 2 N–H and O–H groups in total. The lowest BCUT2D eigenvalue weighted by atomic mass is 10.0. The first-order valence-corrected chi connectivity index (χ1v) is 5.50. The predicted octanol–water partition coefficient (Wildman–Crippen LogP) is 3.30. The van der Waals surface area contributed by atoms with E-state index >= 15 is 0 Å². The number of rotatable bonds is 2. The molecule has 0 aliphatic carbocycles. The molecule has 0 fully saturated rings.